The minimum absolute atomic E-state index is 0. The summed E-state index contributed by atoms with van der Waals surface area (Å²) >= 11 is 0. The second-order valence-corrected chi connectivity index (χ2v) is 4.80. The highest BCUT2D eigenvalue weighted by Gasteiger charge is 2.00. The third-order valence-corrected chi connectivity index (χ3v) is 2.40. The minimum atomic E-state index is -0.872. The predicted octanol–water partition coefficient (Wildman–Crippen LogP) is 3.38. The monoisotopic (exact) mass is 310 g/mol. The van der Waals surface area contributed by atoms with Gasteiger partial charge >= 0.3 is 5.97 Å². The summed E-state index contributed by atoms with van der Waals surface area (Å²) in [6, 6.07) is 0. The molecule has 0 aliphatic carbocycles. The Labute approximate surface area is 132 Å². The first kappa shape index (κ1) is 27.7. The Morgan fingerprint density at radius 3 is 1.45 bits per heavy atom. The smallest absolute Gasteiger partial charge is 0.330 e. The molecule has 124 valence electrons. The Hall–Kier alpha value is -0.580. The Morgan fingerprint density at radius 1 is 1.00 bits per heavy atom. The van der Waals surface area contributed by atoms with Gasteiger partial charge in [-0.05, 0) is 54.1 Å². The third kappa shape index (κ3) is 36.0. The summed E-state index contributed by atoms with van der Waals surface area (Å²) in [5, 5.41) is 8.31. The normalized spacial score (nSPS) is 8.85. The Kier molecular flexibility index (Phi) is 28.7. The molecule has 1 N–H and O–H groups in total. The van der Waals surface area contributed by atoms with Crippen molar-refractivity contribution in [2.24, 2.45) is 0 Å². The van der Waals surface area contributed by atoms with E-state index in [1.165, 1.54) is 0 Å². The number of carboxylic acid groups (broad SMARTS) is 1. The van der Waals surface area contributed by atoms with Gasteiger partial charge in [-0.15, -0.1) is 12.4 Å². The van der Waals surface area contributed by atoms with Crippen LogP contribution in [0, 0.1) is 0 Å². The van der Waals surface area contributed by atoms with Crippen molar-refractivity contribution in [3.63, 3.8) is 0 Å². The van der Waals surface area contributed by atoms with Crippen molar-refractivity contribution in [2.75, 3.05) is 41.3 Å². The Bertz CT molecular complexity index is 212. The van der Waals surface area contributed by atoms with Crippen LogP contribution >= 0.6 is 12.4 Å². The lowest BCUT2D eigenvalue weighted by Gasteiger charge is -2.00. The summed E-state index contributed by atoms with van der Waals surface area (Å²) < 4.78 is 0. The van der Waals surface area contributed by atoms with Gasteiger partial charge in [-0.2, -0.15) is 0 Å². The summed E-state index contributed by atoms with van der Waals surface area (Å²) in [6.07, 6.45) is 2.56. The predicted molar refractivity (Wildman–Crippen MR) is 92.0 cm³/mol. The molecular weight excluding hydrogens is 276 g/mol. The van der Waals surface area contributed by atoms with Crippen LogP contribution in [0.1, 0.15) is 40.0 Å². The first-order valence-corrected chi connectivity index (χ1v) is 6.93. The van der Waals surface area contributed by atoms with E-state index in [0.29, 0.717) is 12.0 Å². The second kappa shape index (κ2) is 20.7. The average molecular weight is 311 g/mol. The van der Waals surface area contributed by atoms with E-state index in [0.717, 1.165) is 25.9 Å². The topological polar surface area (TPSA) is 43.8 Å². The van der Waals surface area contributed by atoms with Crippen LogP contribution < -0.4 is 0 Å². The highest BCUT2D eigenvalue weighted by Crippen LogP contribution is 2.03. The molecule has 0 spiro atoms. The maximum absolute atomic E-state index is 10.1. The fourth-order valence-electron chi connectivity index (χ4n) is 0.497. The molecule has 20 heavy (non-hydrogen) atoms. The van der Waals surface area contributed by atoms with Gasteiger partial charge < -0.3 is 14.9 Å². The van der Waals surface area contributed by atoms with E-state index < -0.39 is 5.97 Å². The highest BCUT2D eigenvalue weighted by molar-refractivity contribution is 5.85. The van der Waals surface area contributed by atoms with Crippen LogP contribution in [-0.4, -0.2) is 62.2 Å². The van der Waals surface area contributed by atoms with Crippen molar-refractivity contribution in [3.8, 4) is 0 Å². The summed E-state index contributed by atoms with van der Waals surface area (Å²) in [5.74, 6) is -0.872. The molecule has 0 atom stereocenters. The molecule has 5 heteroatoms. The molecule has 0 aliphatic heterocycles. The van der Waals surface area contributed by atoms with Gasteiger partial charge in [0.2, 0.25) is 0 Å². The molecule has 0 heterocycles. The SMILES string of the molecule is C=C(CCCC)C(=O)O.CCN(C)C.CCN(C)C.Cl. The summed E-state index contributed by atoms with van der Waals surface area (Å²) in [6.45, 7) is 11.9. The van der Waals surface area contributed by atoms with Crippen LogP contribution in [0.25, 0.3) is 0 Å². The van der Waals surface area contributed by atoms with Crippen LogP contribution in [0.15, 0.2) is 12.2 Å². The van der Waals surface area contributed by atoms with Crippen LogP contribution in [0.5, 0.6) is 0 Å². The van der Waals surface area contributed by atoms with Gasteiger partial charge in [0, 0.05) is 5.57 Å². The molecule has 0 aromatic carbocycles. The van der Waals surface area contributed by atoms with Crippen LogP contribution in [0.2, 0.25) is 0 Å². The number of rotatable bonds is 6. The summed E-state index contributed by atoms with van der Waals surface area (Å²) in [4.78, 5) is 14.4. The Morgan fingerprint density at radius 2 is 1.30 bits per heavy atom. The molecular formula is C15H35ClN2O2. The lowest BCUT2D eigenvalue weighted by Crippen LogP contribution is -2.08. The maximum atomic E-state index is 10.1. The first-order valence-electron chi connectivity index (χ1n) is 6.93. The van der Waals surface area contributed by atoms with Gasteiger partial charge in [0.15, 0.2) is 0 Å². The van der Waals surface area contributed by atoms with Gasteiger partial charge in [-0.1, -0.05) is 33.8 Å². The second-order valence-electron chi connectivity index (χ2n) is 4.80. The number of halogens is 1. The third-order valence-electron chi connectivity index (χ3n) is 2.40. The van der Waals surface area contributed by atoms with Crippen molar-refractivity contribution in [2.45, 2.75) is 40.0 Å². The molecule has 0 saturated heterocycles. The van der Waals surface area contributed by atoms with E-state index in [-0.39, 0.29) is 12.4 Å². The molecule has 0 bridgehead atoms. The molecule has 0 amide bonds. The quantitative estimate of drug-likeness (QED) is 0.764. The number of hydrogen-bond acceptors (Lipinski definition) is 3. The number of nitrogens with zero attached hydrogens (tertiary/aromatic N) is 2. The largest absolute Gasteiger partial charge is 0.478 e. The van der Waals surface area contributed by atoms with E-state index >= 15 is 0 Å². The standard InChI is InChI=1S/C7H12O2.2C4H11N.ClH/c1-3-4-5-6(2)7(8)9;2*1-4-5(2)3;/h2-5H2,1H3,(H,8,9);2*4H2,1-3H3;1H. The number of hydrogen-bond donors (Lipinski definition) is 1. The minimum Gasteiger partial charge on any atom is -0.478 e. The summed E-state index contributed by atoms with van der Waals surface area (Å²) in [5.41, 5.74) is 0.317. The molecule has 4 nitrogen and oxygen atoms in total. The molecule has 0 unspecified atom stereocenters. The van der Waals surface area contributed by atoms with Crippen molar-refractivity contribution in [3.05, 3.63) is 12.2 Å². The van der Waals surface area contributed by atoms with Crippen LogP contribution in [-0.2, 0) is 4.79 Å². The zero-order chi connectivity index (χ0) is 15.8. The van der Waals surface area contributed by atoms with Crippen LogP contribution in [0.3, 0.4) is 0 Å². The Balaban J connectivity index is -0.000000101. The fourth-order valence-corrected chi connectivity index (χ4v) is 0.497. The number of carboxylic acids is 1. The van der Waals surface area contributed by atoms with Crippen molar-refractivity contribution in [1.29, 1.82) is 0 Å². The molecule has 0 aliphatic rings. The zero-order valence-corrected chi connectivity index (χ0v) is 15.2. The number of aliphatic carboxylic acids is 1. The van der Waals surface area contributed by atoms with Gasteiger partial charge in [0.1, 0.15) is 0 Å². The molecule has 0 aromatic rings. The zero-order valence-electron chi connectivity index (χ0n) is 14.4. The lowest BCUT2D eigenvalue weighted by molar-refractivity contribution is -0.132. The number of unbranched alkanes of at least 4 members (excludes halogenated alkanes) is 1. The lowest BCUT2D eigenvalue weighted by atomic mass is 10.1. The molecule has 0 radical (unpaired) electrons. The maximum Gasteiger partial charge on any atom is 0.330 e. The first-order chi connectivity index (χ1) is 8.72. The highest BCUT2D eigenvalue weighted by atomic mass is 35.5. The van der Waals surface area contributed by atoms with E-state index in [4.69, 9.17) is 5.11 Å². The van der Waals surface area contributed by atoms with E-state index in [1.54, 1.807) is 0 Å². The van der Waals surface area contributed by atoms with Gasteiger partial charge in [-0.25, -0.2) is 4.79 Å². The van der Waals surface area contributed by atoms with Gasteiger partial charge in [-0.3, -0.25) is 0 Å². The van der Waals surface area contributed by atoms with E-state index in [2.05, 4.69) is 58.4 Å². The van der Waals surface area contributed by atoms with Crippen LogP contribution in [0.4, 0.5) is 0 Å². The van der Waals surface area contributed by atoms with E-state index in [1.807, 2.05) is 6.92 Å². The average Bonchev–Trinajstić information content (AvgIpc) is 2.36. The van der Waals surface area contributed by atoms with Crippen molar-refractivity contribution >= 4 is 18.4 Å². The molecule has 0 fully saturated rings. The van der Waals surface area contributed by atoms with Crippen molar-refractivity contribution < 1.29 is 9.90 Å². The molecule has 0 aromatic heterocycles. The number of carbonyl (C=O) groups is 1. The summed E-state index contributed by atoms with van der Waals surface area (Å²) in [7, 11) is 8.22. The van der Waals surface area contributed by atoms with Gasteiger partial charge in [0.05, 0.1) is 0 Å². The van der Waals surface area contributed by atoms with E-state index in [9.17, 15) is 4.79 Å². The van der Waals surface area contributed by atoms with Gasteiger partial charge in [0.25, 0.3) is 0 Å². The molecule has 0 rings (SSSR count). The van der Waals surface area contributed by atoms with Crippen molar-refractivity contribution in [1.82, 2.24) is 9.80 Å². The fraction of sp³-hybridized carbons (Fsp3) is 0.800. The molecule has 0 saturated carbocycles.